The minimum atomic E-state index is -1.19. The lowest BCUT2D eigenvalue weighted by molar-refractivity contribution is -0.136. The molecule has 0 bridgehead atoms. The molecule has 160 valence electrons. The number of fused-ring (bicyclic) bond motifs is 1. The van der Waals surface area contributed by atoms with Gasteiger partial charge in [0.15, 0.2) is 5.71 Å². The number of carbonyl (C=O) groups excluding carboxylic acids is 4. The van der Waals surface area contributed by atoms with E-state index in [-0.39, 0.29) is 40.3 Å². The highest BCUT2D eigenvalue weighted by molar-refractivity contribution is 6.48. The van der Waals surface area contributed by atoms with Crippen molar-refractivity contribution in [3.05, 3.63) is 28.2 Å². The number of hydrazone groups is 1. The third-order valence-electron chi connectivity index (χ3n) is 5.00. The number of benzene rings is 1. The van der Waals surface area contributed by atoms with Crippen LogP contribution in [0.1, 0.15) is 34.1 Å². The monoisotopic (exact) mass is 453 g/mol. The predicted octanol–water partition coefficient (Wildman–Crippen LogP) is 2.84. The van der Waals surface area contributed by atoms with E-state index in [1.807, 2.05) is 0 Å². The molecule has 1 saturated heterocycles. The first kappa shape index (κ1) is 22.2. The highest BCUT2D eigenvalue weighted by Gasteiger charge is 2.61. The summed E-state index contributed by atoms with van der Waals surface area (Å²) in [5.41, 5.74) is -1.06. The highest BCUT2D eigenvalue weighted by atomic mass is 35.5. The number of esters is 1. The van der Waals surface area contributed by atoms with E-state index in [9.17, 15) is 19.2 Å². The number of hydrogen-bond donors (Lipinski definition) is 0. The molecule has 2 heterocycles. The van der Waals surface area contributed by atoms with Crippen LogP contribution < -0.4 is 4.90 Å². The number of Topliss-reactive ketones (excluding diaryl/α,β-unsaturated/α-hetero) is 1. The van der Waals surface area contributed by atoms with Crippen molar-refractivity contribution in [1.82, 2.24) is 5.01 Å². The van der Waals surface area contributed by atoms with E-state index in [1.54, 1.807) is 26.8 Å². The minimum Gasteiger partial charge on any atom is -0.461 e. The molecule has 1 fully saturated rings. The SMILES string of the molecule is CCOC(=O)C1=NN(C(C)(C)CC(C)=O)C2C(=O)N(c3c(Cl)cccc3Cl)C(=O)C12. The van der Waals surface area contributed by atoms with Crippen LogP contribution in [-0.4, -0.2) is 52.5 Å². The number of ketones is 1. The van der Waals surface area contributed by atoms with E-state index >= 15 is 0 Å². The molecule has 30 heavy (non-hydrogen) atoms. The third kappa shape index (κ3) is 3.58. The zero-order valence-electron chi connectivity index (χ0n) is 16.9. The maximum Gasteiger partial charge on any atom is 0.355 e. The van der Waals surface area contributed by atoms with Gasteiger partial charge >= 0.3 is 5.97 Å². The lowest BCUT2D eigenvalue weighted by Gasteiger charge is -2.36. The van der Waals surface area contributed by atoms with Crippen molar-refractivity contribution in [3.8, 4) is 0 Å². The molecule has 0 N–H and O–H groups in total. The molecule has 2 unspecified atom stereocenters. The number of para-hydroxylation sites is 1. The first-order valence-corrected chi connectivity index (χ1v) is 10.1. The molecule has 10 heteroatoms. The minimum absolute atomic E-state index is 0.0535. The zero-order chi connectivity index (χ0) is 22.4. The van der Waals surface area contributed by atoms with Crippen LogP contribution >= 0.6 is 23.2 Å². The van der Waals surface area contributed by atoms with Crippen LogP contribution in [0.4, 0.5) is 5.69 Å². The fourth-order valence-corrected chi connectivity index (χ4v) is 4.47. The normalized spacial score (nSPS) is 21.1. The molecule has 8 nitrogen and oxygen atoms in total. The molecule has 1 aromatic rings. The van der Waals surface area contributed by atoms with Crippen LogP contribution in [-0.2, 0) is 23.9 Å². The Labute approximate surface area is 183 Å². The van der Waals surface area contributed by atoms with Crippen molar-refractivity contribution in [3.63, 3.8) is 0 Å². The standard InChI is InChI=1S/C20H21Cl2N3O5/c1-5-30-19(29)14-13-16(25(23-14)20(3,4)9-10(2)26)18(28)24(17(13)27)15-11(21)7-6-8-12(15)22/h6-8,13,16H,5,9H2,1-4H3. The second kappa shape index (κ2) is 8.00. The second-order valence-electron chi connectivity index (χ2n) is 7.75. The van der Waals surface area contributed by atoms with Crippen LogP contribution in [0.5, 0.6) is 0 Å². The first-order chi connectivity index (χ1) is 14.0. The molecule has 2 atom stereocenters. The molecular formula is C20H21Cl2N3O5. The topological polar surface area (TPSA) is 96.3 Å². The summed E-state index contributed by atoms with van der Waals surface area (Å²) in [6.45, 7) is 6.55. The van der Waals surface area contributed by atoms with Crippen LogP contribution in [0, 0.1) is 5.92 Å². The molecule has 0 spiro atoms. The summed E-state index contributed by atoms with van der Waals surface area (Å²) < 4.78 is 5.05. The molecule has 2 amide bonds. The van der Waals surface area contributed by atoms with Gasteiger partial charge in [-0.1, -0.05) is 29.3 Å². The predicted molar refractivity (Wildman–Crippen MR) is 112 cm³/mol. The second-order valence-corrected chi connectivity index (χ2v) is 8.56. The number of hydrogen-bond acceptors (Lipinski definition) is 7. The van der Waals surface area contributed by atoms with Crippen molar-refractivity contribution in [2.45, 2.75) is 45.7 Å². The average molecular weight is 454 g/mol. The van der Waals surface area contributed by atoms with Gasteiger partial charge in [0, 0.05) is 6.42 Å². The Morgan fingerprint density at radius 2 is 1.77 bits per heavy atom. The Balaban J connectivity index is 2.12. The van der Waals surface area contributed by atoms with E-state index in [1.165, 1.54) is 24.1 Å². The number of halogens is 2. The van der Waals surface area contributed by atoms with Crippen molar-refractivity contribution in [2.75, 3.05) is 11.5 Å². The fraction of sp³-hybridized carbons (Fsp3) is 0.450. The van der Waals surface area contributed by atoms with Gasteiger partial charge in [-0.15, -0.1) is 0 Å². The highest BCUT2D eigenvalue weighted by Crippen LogP contribution is 2.43. The summed E-state index contributed by atoms with van der Waals surface area (Å²) in [4.78, 5) is 51.9. The van der Waals surface area contributed by atoms with E-state index < -0.39 is 35.3 Å². The first-order valence-electron chi connectivity index (χ1n) is 9.37. The maximum absolute atomic E-state index is 13.4. The average Bonchev–Trinajstić information content (AvgIpc) is 3.14. The van der Waals surface area contributed by atoms with Crippen molar-refractivity contribution in [2.24, 2.45) is 11.0 Å². The molecular weight excluding hydrogens is 433 g/mol. The Morgan fingerprint density at radius 3 is 2.30 bits per heavy atom. The molecule has 2 aliphatic rings. The fourth-order valence-electron chi connectivity index (χ4n) is 3.91. The molecule has 0 aromatic heterocycles. The summed E-state index contributed by atoms with van der Waals surface area (Å²) >= 11 is 12.5. The van der Waals surface area contributed by atoms with E-state index in [0.29, 0.717) is 0 Å². The largest absolute Gasteiger partial charge is 0.461 e. The van der Waals surface area contributed by atoms with Gasteiger partial charge in [-0.2, -0.15) is 5.10 Å². The summed E-state index contributed by atoms with van der Waals surface area (Å²) in [6.07, 6.45) is 0.0597. The van der Waals surface area contributed by atoms with E-state index in [4.69, 9.17) is 27.9 Å². The van der Waals surface area contributed by atoms with Gasteiger partial charge < -0.3 is 4.74 Å². The summed E-state index contributed by atoms with van der Waals surface area (Å²) in [7, 11) is 0. The van der Waals surface area contributed by atoms with Crippen LogP contribution in [0.2, 0.25) is 10.0 Å². The number of amides is 2. The van der Waals surface area contributed by atoms with Crippen LogP contribution in [0.15, 0.2) is 23.3 Å². The van der Waals surface area contributed by atoms with Gasteiger partial charge in [0.05, 0.1) is 27.9 Å². The number of ether oxygens (including phenoxy) is 1. The lowest BCUT2D eigenvalue weighted by atomic mass is 9.92. The van der Waals surface area contributed by atoms with Crippen molar-refractivity contribution in [1.29, 1.82) is 0 Å². The summed E-state index contributed by atoms with van der Waals surface area (Å²) in [6, 6.07) is 3.50. The molecule has 0 saturated carbocycles. The van der Waals surface area contributed by atoms with Gasteiger partial charge in [0.25, 0.3) is 5.91 Å². The molecule has 3 rings (SSSR count). The van der Waals surface area contributed by atoms with Gasteiger partial charge in [-0.3, -0.25) is 19.4 Å². The number of imide groups is 1. The molecule has 1 aromatic carbocycles. The number of anilines is 1. The number of nitrogens with zero attached hydrogens (tertiary/aromatic N) is 3. The quantitative estimate of drug-likeness (QED) is 0.485. The molecule has 2 aliphatic heterocycles. The Hall–Kier alpha value is -2.45. The third-order valence-corrected chi connectivity index (χ3v) is 5.61. The maximum atomic E-state index is 13.4. The molecule has 0 radical (unpaired) electrons. The van der Waals surface area contributed by atoms with Gasteiger partial charge in [-0.05, 0) is 39.8 Å². The smallest absolute Gasteiger partial charge is 0.355 e. The van der Waals surface area contributed by atoms with Gasteiger partial charge in [-0.25, -0.2) is 9.69 Å². The molecule has 0 aliphatic carbocycles. The van der Waals surface area contributed by atoms with Crippen LogP contribution in [0.25, 0.3) is 0 Å². The lowest BCUT2D eigenvalue weighted by Crippen LogP contribution is -2.50. The summed E-state index contributed by atoms with van der Waals surface area (Å²) in [5, 5.41) is 5.87. The Kier molecular flexibility index (Phi) is 5.93. The summed E-state index contributed by atoms with van der Waals surface area (Å²) in [5.74, 6) is -3.40. The Morgan fingerprint density at radius 1 is 1.17 bits per heavy atom. The van der Waals surface area contributed by atoms with Crippen molar-refractivity contribution >= 4 is 58.2 Å². The van der Waals surface area contributed by atoms with Crippen molar-refractivity contribution < 1.29 is 23.9 Å². The number of rotatable bonds is 6. The van der Waals surface area contributed by atoms with E-state index in [0.717, 1.165) is 4.90 Å². The zero-order valence-corrected chi connectivity index (χ0v) is 18.5. The van der Waals surface area contributed by atoms with Gasteiger partial charge in [0.2, 0.25) is 5.91 Å². The van der Waals surface area contributed by atoms with Gasteiger partial charge in [0.1, 0.15) is 17.7 Å². The van der Waals surface area contributed by atoms with E-state index in [2.05, 4.69) is 5.10 Å². The van der Waals surface area contributed by atoms with Crippen LogP contribution in [0.3, 0.4) is 0 Å². The number of carbonyl (C=O) groups is 4. The Bertz CT molecular complexity index is 955.